The van der Waals surface area contributed by atoms with Crippen LogP contribution < -0.4 is 14.8 Å². The number of benzene rings is 1. The number of thioether (sulfide) groups is 1. The fraction of sp³-hybridized carbons (Fsp3) is 0.400. The number of amides is 1. The summed E-state index contributed by atoms with van der Waals surface area (Å²) in [7, 11) is 0. The SMILES string of the molecule is CSc1ncccc1C(=O)N[C@@H](c1ccc2c(c1)OCCCO2)C(C)C. The van der Waals surface area contributed by atoms with Gasteiger partial charge in [0.25, 0.3) is 5.91 Å². The third-order valence-corrected chi connectivity index (χ3v) is 5.01. The first-order valence-electron chi connectivity index (χ1n) is 8.79. The predicted molar refractivity (Wildman–Crippen MR) is 103 cm³/mol. The molecule has 0 saturated heterocycles. The van der Waals surface area contributed by atoms with Gasteiger partial charge in [0.05, 0.1) is 24.8 Å². The lowest BCUT2D eigenvalue weighted by Gasteiger charge is -2.24. The number of pyridine rings is 1. The summed E-state index contributed by atoms with van der Waals surface area (Å²) in [5, 5.41) is 3.89. The minimum absolute atomic E-state index is 0.117. The molecule has 0 unspecified atom stereocenters. The molecule has 1 aliphatic heterocycles. The van der Waals surface area contributed by atoms with Crippen LogP contribution in [0.15, 0.2) is 41.6 Å². The zero-order valence-corrected chi connectivity index (χ0v) is 16.1. The molecule has 0 radical (unpaired) electrons. The molecule has 138 valence electrons. The van der Waals surface area contributed by atoms with Crippen molar-refractivity contribution in [3.05, 3.63) is 47.7 Å². The van der Waals surface area contributed by atoms with Crippen LogP contribution in [-0.4, -0.2) is 30.4 Å². The first kappa shape index (κ1) is 18.6. The highest BCUT2D eigenvalue weighted by Crippen LogP contribution is 2.34. The Morgan fingerprint density at radius 1 is 1.19 bits per heavy atom. The van der Waals surface area contributed by atoms with E-state index in [1.54, 1.807) is 18.3 Å². The predicted octanol–water partition coefficient (Wildman–Crippen LogP) is 4.09. The van der Waals surface area contributed by atoms with E-state index in [0.717, 1.165) is 28.5 Å². The van der Waals surface area contributed by atoms with Gasteiger partial charge in [-0.05, 0) is 42.0 Å². The summed E-state index contributed by atoms with van der Waals surface area (Å²) < 4.78 is 11.5. The third kappa shape index (κ3) is 4.12. The van der Waals surface area contributed by atoms with Crippen LogP contribution in [0.4, 0.5) is 0 Å². The number of rotatable bonds is 5. The molecule has 6 heteroatoms. The van der Waals surface area contributed by atoms with Crippen molar-refractivity contribution in [1.82, 2.24) is 10.3 Å². The van der Waals surface area contributed by atoms with Gasteiger partial charge in [0.2, 0.25) is 0 Å². The minimum atomic E-state index is -0.130. The number of ether oxygens (including phenoxy) is 2. The van der Waals surface area contributed by atoms with E-state index < -0.39 is 0 Å². The van der Waals surface area contributed by atoms with E-state index in [4.69, 9.17) is 9.47 Å². The molecule has 5 nitrogen and oxygen atoms in total. The summed E-state index contributed by atoms with van der Waals surface area (Å²) in [6, 6.07) is 9.36. The minimum Gasteiger partial charge on any atom is -0.490 e. The lowest BCUT2D eigenvalue weighted by molar-refractivity contribution is 0.0921. The molecule has 3 rings (SSSR count). The summed E-state index contributed by atoms with van der Waals surface area (Å²) in [5.41, 5.74) is 1.60. The number of aromatic nitrogens is 1. The summed E-state index contributed by atoms with van der Waals surface area (Å²) >= 11 is 1.47. The van der Waals surface area contributed by atoms with E-state index in [9.17, 15) is 4.79 Å². The number of nitrogens with zero attached hydrogens (tertiary/aromatic N) is 1. The van der Waals surface area contributed by atoms with Crippen molar-refractivity contribution in [3.8, 4) is 11.5 Å². The smallest absolute Gasteiger partial charge is 0.254 e. The second-order valence-electron chi connectivity index (χ2n) is 6.51. The van der Waals surface area contributed by atoms with Crippen LogP contribution in [0.25, 0.3) is 0 Å². The molecule has 2 aromatic rings. The van der Waals surface area contributed by atoms with Gasteiger partial charge in [-0.15, -0.1) is 11.8 Å². The Morgan fingerprint density at radius 2 is 1.96 bits per heavy atom. The molecule has 0 aliphatic carbocycles. The van der Waals surface area contributed by atoms with E-state index in [1.165, 1.54) is 11.8 Å². The number of hydrogen-bond acceptors (Lipinski definition) is 5. The topological polar surface area (TPSA) is 60.5 Å². The van der Waals surface area contributed by atoms with Crippen LogP contribution in [0.2, 0.25) is 0 Å². The van der Waals surface area contributed by atoms with Crippen molar-refractivity contribution in [2.75, 3.05) is 19.5 Å². The monoisotopic (exact) mass is 372 g/mol. The molecular weight excluding hydrogens is 348 g/mol. The standard InChI is InChI=1S/C20H24N2O3S/c1-13(2)18(22-19(23)15-6-4-9-21-20(15)26-3)14-7-8-16-17(12-14)25-11-5-10-24-16/h4,6-9,12-13,18H,5,10-11H2,1-3H3,(H,22,23)/t18-/m1/s1. The van der Waals surface area contributed by atoms with Gasteiger partial charge in [0.1, 0.15) is 5.03 Å². The quantitative estimate of drug-likeness (QED) is 0.801. The molecule has 0 saturated carbocycles. The van der Waals surface area contributed by atoms with Gasteiger partial charge in [-0.3, -0.25) is 4.79 Å². The molecule has 0 bridgehead atoms. The van der Waals surface area contributed by atoms with E-state index >= 15 is 0 Å². The number of carbonyl (C=O) groups excluding carboxylic acids is 1. The maximum absolute atomic E-state index is 12.8. The van der Waals surface area contributed by atoms with E-state index in [1.807, 2.05) is 24.5 Å². The highest BCUT2D eigenvalue weighted by molar-refractivity contribution is 7.98. The van der Waals surface area contributed by atoms with Gasteiger partial charge in [0.15, 0.2) is 11.5 Å². The Balaban J connectivity index is 1.86. The molecule has 1 aromatic heterocycles. The third-order valence-electron chi connectivity index (χ3n) is 4.29. The summed E-state index contributed by atoms with van der Waals surface area (Å²) in [5.74, 6) is 1.61. The average molecular weight is 372 g/mol. The lowest BCUT2D eigenvalue weighted by Crippen LogP contribution is -2.32. The maximum Gasteiger partial charge on any atom is 0.254 e. The van der Waals surface area contributed by atoms with Gasteiger partial charge in [0, 0.05) is 12.6 Å². The molecule has 1 aliphatic rings. The Kier molecular flexibility index (Phi) is 6.04. The van der Waals surface area contributed by atoms with Crippen molar-refractivity contribution in [2.24, 2.45) is 5.92 Å². The second-order valence-corrected chi connectivity index (χ2v) is 7.31. The largest absolute Gasteiger partial charge is 0.490 e. The molecule has 1 aromatic carbocycles. The van der Waals surface area contributed by atoms with Gasteiger partial charge in [-0.25, -0.2) is 4.98 Å². The van der Waals surface area contributed by atoms with Crippen molar-refractivity contribution in [2.45, 2.75) is 31.3 Å². The van der Waals surface area contributed by atoms with Crippen LogP contribution in [0.3, 0.4) is 0 Å². The molecule has 0 spiro atoms. The highest BCUT2D eigenvalue weighted by Gasteiger charge is 2.23. The van der Waals surface area contributed by atoms with Crippen molar-refractivity contribution < 1.29 is 14.3 Å². The molecule has 1 amide bonds. The van der Waals surface area contributed by atoms with Gasteiger partial charge in [-0.2, -0.15) is 0 Å². The van der Waals surface area contributed by atoms with Crippen LogP contribution in [0.1, 0.15) is 42.2 Å². The normalized spacial score (nSPS) is 14.6. The number of fused-ring (bicyclic) bond motifs is 1. The molecule has 2 heterocycles. The van der Waals surface area contributed by atoms with Crippen LogP contribution in [0.5, 0.6) is 11.5 Å². The molecule has 26 heavy (non-hydrogen) atoms. The van der Waals surface area contributed by atoms with Gasteiger partial charge >= 0.3 is 0 Å². The lowest BCUT2D eigenvalue weighted by atomic mass is 9.95. The molecule has 0 fully saturated rings. The van der Waals surface area contributed by atoms with Crippen LogP contribution in [0, 0.1) is 5.92 Å². The zero-order chi connectivity index (χ0) is 18.5. The average Bonchev–Trinajstić information content (AvgIpc) is 2.90. The van der Waals surface area contributed by atoms with Crippen molar-refractivity contribution >= 4 is 17.7 Å². The van der Waals surface area contributed by atoms with Crippen LogP contribution in [-0.2, 0) is 0 Å². The van der Waals surface area contributed by atoms with E-state index in [2.05, 4.69) is 24.1 Å². The fourth-order valence-corrected chi connectivity index (χ4v) is 3.50. The number of nitrogens with one attached hydrogen (secondary N) is 1. The summed E-state index contributed by atoms with van der Waals surface area (Å²) in [6.07, 6.45) is 4.49. The van der Waals surface area contributed by atoms with Crippen molar-refractivity contribution in [3.63, 3.8) is 0 Å². The van der Waals surface area contributed by atoms with E-state index in [0.29, 0.717) is 18.8 Å². The Labute approximate surface area is 158 Å². The zero-order valence-electron chi connectivity index (χ0n) is 15.3. The Morgan fingerprint density at radius 3 is 2.69 bits per heavy atom. The van der Waals surface area contributed by atoms with Gasteiger partial charge < -0.3 is 14.8 Å². The summed E-state index contributed by atoms with van der Waals surface area (Å²) in [6.45, 7) is 5.48. The first-order valence-corrected chi connectivity index (χ1v) is 10.0. The van der Waals surface area contributed by atoms with Crippen molar-refractivity contribution in [1.29, 1.82) is 0 Å². The van der Waals surface area contributed by atoms with Gasteiger partial charge in [-0.1, -0.05) is 19.9 Å². The number of hydrogen-bond donors (Lipinski definition) is 1. The first-order chi connectivity index (χ1) is 12.6. The Hall–Kier alpha value is -2.21. The molecule has 1 N–H and O–H groups in total. The number of carbonyl (C=O) groups is 1. The second kappa shape index (κ2) is 8.45. The highest BCUT2D eigenvalue weighted by atomic mass is 32.2. The molecule has 1 atom stereocenters. The Bertz CT molecular complexity index is 779. The molecular formula is C20H24N2O3S. The maximum atomic E-state index is 12.8. The fourth-order valence-electron chi connectivity index (χ4n) is 2.95. The van der Waals surface area contributed by atoms with Crippen LogP contribution >= 0.6 is 11.8 Å². The van der Waals surface area contributed by atoms with E-state index in [-0.39, 0.29) is 17.9 Å². The summed E-state index contributed by atoms with van der Waals surface area (Å²) in [4.78, 5) is 17.1.